The van der Waals surface area contributed by atoms with Crippen molar-refractivity contribution >= 4 is 40.8 Å². The van der Waals surface area contributed by atoms with Gasteiger partial charge in [-0.25, -0.2) is 19.7 Å². The highest BCUT2D eigenvalue weighted by atomic mass is 16.6. The SMILES string of the molecule is CN(C)C=Nc1nc(OC(=O)N(c2ccccc2)c2ccccc2)nc2c1ncn2[C@@H]1O[C@H](CO)C(O)C1O. The molecule has 4 aromatic rings. The monoisotopic (exact) mass is 533 g/mol. The van der Waals surface area contributed by atoms with Crippen molar-refractivity contribution in [1.82, 2.24) is 24.4 Å². The molecule has 1 aliphatic rings. The fourth-order valence-electron chi connectivity index (χ4n) is 4.12. The maximum Gasteiger partial charge on any atom is 0.426 e. The van der Waals surface area contributed by atoms with Crippen molar-refractivity contribution < 1.29 is 29.6 Å². The summed E-state index contributed by atoms with van der Waals surface area (Å²) in [4.78, 5) is 33.9. The zero-order valence-electron chi connectivity index (χ0n) is 21.1. The second-order valence-electron chi connectivity index (χ2n) is 8.97. The van der Waals surface area contributed by atoms with Crippen LogP contribution >= 0.6 is 0 Å². The van der Waals surface area contributed by atoms with Crippen molar-refractivity contribution in [3.8, 4) is 6.01 Å². The Morgan fingerprint density at radius 2 is 1.69 bits per heavy atom. The van der Waals surface area contributed by atoms with Gasteiger partial charge in [0.05, 0.1) is 30.6 Å². The van der Waals surface area contributed by atoms with Crippen LogP contribution in [0.2, 0.25) is 0 Å². The van der Waals surface area contributed by atoms with Gasteiger partial charge in [0.25, 0.3) is 0 Å². The van der Waals surface area contributed by atoms with Crippen LogP contribution in [0.15, 0.2) is 72.0 Å². The Morgan fingerprint density at radius 1 is 1.05 bits per heavy atom. The number of aliphatic hydroxyl groups excluding tert-OH is 3. The number of fused-ring (bicyclic) bond motifs is 1. The van der Waals surface area contributed by atoms with Crippen LogP contribution in [0.1, 0.15) is 6.23 Å². The van der Waals surface area contributed by atoms with E-state index in [1.54, 1.807) is 67.5 Å². The molecule has 3 heterocycles. The van der Waals surface area contributed by atoms with Crippen LogP contribution in [0.4, 0.5) is 22.0 Å². The number of hydrogen-bond acceptors (Lipinski definition) is 10. The van der Waals surface area contributed by atoms with Crippen LogP contribution in [0.25, 0.3) is 11.2 Å². The normalized spacial score (nSPS) is 20.9. The molecule has 4 atom stereocenters. The summed E-state index contributed by atoms with van der Waals surface area (Å²) < 4.78 is 12.7. The van der Waals surface area contributed by atoms with E-state index in [0.29, 0.717) is 11.4 Å². The number of imidazole rings is 1. The van der Waals surface area contributed by atoms with Crippen molar-refractivity contribution in [2.75, 3.05) is 25.6 Å². The number of amides is 1. The summed E-state index contributed by atoms with van der Waals surface area (Å²) >= 11 is 0. The van der Waals surface area contributed by atoms with Gasteiger partial charge in [-0.05, 0) is 24.3 Å². The highest BCUT2D eigenvalue weighted by Crippen LogP contribution is 2.34. The number of carbonyl (C=O) groups is 1. The summed E-state index contributed by atoms with van der Waals surface area (Å²) in [5.41, 5.74) is 1.52. The molecule has 1 aliphatic heterocycles. The number of aromatic nitrogens is 4. The summed E-state index contributed by atoms with van der Waals surface area (Å²) in [5.74, 6) is 0.105. The molecule has 39 heavy (non-hydrogen) atoms. The van der Waals surface area contributed by atoms with E-state index in [0.717, 1.165) is 0 Å². The maximum absolute atomic E-state index is 13.5. The van der Waals surface area contributed by atoms with Gasteiger partial charge in [-0.15, -0.1) is 0 Å². The molecule has 2 unspecified atom stereocenters. The van der Waals surface area contributed by atoms with Crippen LogP contribution in [0.3, 0.4) is 0 Å². The van der Waals surface area contributed by atoms with Crippen LogP contribution < -0.4 is 9.64 Å². The smallest absolute Gasteiger partial charge is 0.394 e. The number of carbonyl (C=O) groups excluding carboxylic acids is 1. The molecule has 1 saturated heterocycles. The van der Waals surface area contributed by atoms with Gasteiger partial charge in [0.15, 0.2) is 23.2 Å². The second-order valence-corrected chi connectivity index (χ2v) is 8.97. The van der Waals surface area contributed by atoms with Gasteiger partial charge < -0.3 is 29.7 Å². The molecule has 1 fully saturated rings. The number of benzene rings is 2. The summed E-state index contributed by atoms with van der Waals surface area (Å²) in [5, 5.41) is 30.3. The molecule has 0 spiro atoms. The molecule has 13 heteroatoms. The van der Waals surface area contributed by atoms with Gasteiger partial charge >= 0.3 is 12.1 Å². The van der Waals surface area contributed by atoms with Gasteiger partial charge in [-0.1, -0.05) is 36.4 Å². The van der Waals surface area contributed by atoms with E-state index in [1.807, 2.05) is 12.1 Å². The minimum Gasteiger partial charge on any atom is -0.394 e. The van der Waals surface area contributed by atoms with E-state index in [9.17, 15) is 20.1 Å². The summed E-state index contributed by atoms with van der Waals surface area (Å²) in [6.07, 6.45) is -2.74. The van der Waals surface area contributed by atoms with Gasteiger partial charge in [0, 0.05) is 14.1 Å². The number of aliphatic imine (C=N–C) groups is 1. The van der Waals surface area contributed by atoms with Crippen molar-refractivity contribution in [3.05, 3.63) is 67.0 Å². The number of ether oxygens (including phenoxy) is 2. The number of rotatable bonds is 7. The first-order valence-electron chi connectivity index (χ1n) is 12.1. The van der Waals surface area contributed by atoms with E-state index in [4.69, 9.17) is 9.47 Å². The first-order chi connectivity index (χ1) is 18.9. The molecular weight excluding hydrogens is 506 g/mol. The topological polar surface area (TPSA) is 159 Å². The van der Waals surface area contributed by atoms with E-state index < -0.39 is 37.2 Å². The lowest BCUT2D eigenvalue weighted by atomic mass is 10.1. The average molecular weight is 534 g/mol. The molecule has 1 amide bonds. The van der Waals surface area contributed by atoms with Crippen molar-refractivity contribution in [2.45, 2.75) is 24.5 Å². The van der Waals surface area contributed by atoms with Crippen LogP contribution in [-0.2, 0) is 4.74 Å². The molecule has 13 nitrogen and oxygen atoms in total. The highest BCUT2D eigenvalue weighted by molar-refractivity contribution is 5.97. The molecule has 5 rings (SSSR count). The summed E-state index contributed by atoms with van der Waals surface area (Å²) in [6, 6.07) is 17.6. The number of para-hydroxylation sites is 2. The summed E-state index contributed by atoms with van der Waals surface area (Å²) in [7, 11) is 3.55. The fraction of sp³-hybridized carbons (Fsp3) is 0.269. The molecule has 0 radical (unpaired) electrons. The Balaban J connectivity index is 1.56. The molecular formula is C26H27N7O6. The second kappa shape index (κ2) is 11.1. The average Bonchev–Trinajstić information content (AvgIpc) is 3.48. The highest BCUT2D eigenvalue weighted by Gasteiger charge is 2.44. The lowest BCUT2D eigenvalue weighted by Crippen LogP contribution is -2.33. The Kier molecular flexibility index (Phi) is 7.47. The molecule has 0 aliphatic carbocycles. The largest absolute Gasteiger partial charge is 0.426 e. The molecule has 202 valence electrons. The van der Waals surface area contributed by atoms with Crippen molar-refractivity contribution in [2.24, 2.45) is 4.99 Å². The molecule has 2 aromatic heterocycles. The number of aliphatic hydroxyl groups is 3. The minimum atomic E-state index is -1.37. The van der Waals surface area contributed by atoms with E-state index >= 15 is 0 Å². The van der Waals surface area contributed by atoms with E-state index in [-0.39, 0.29) is 23.0 Å². The van der Waals surface area contributed by atoms with E-state index in [2.05, 4.69) is 19.9 Å². The lowest BCUT2D eigenvalue weighted by molar-refractivity contribution is -0.0511. The zero-order valence-corrected chi connectivity index (χ0v) is 21.1. The van der Waals surface area contributed by atoms with Crippen molar-refractivity contribution in [3.63, 3.8) is 0 Å². The van der Waals surface area contributed by atoms with Gasteiger partial charge in [-0.3, -0.25) is 4.57 Å². The number of anilines is 2. The Labute approximate surface area is 223 Å². The van der Waals surface area contributed by atoms with Crippen LogP contribution in [-0.4, -0.2) is 91.2 Å². The van der Waals surface area contributed by atoms with Crippen LogP contribution in [0.5, 0.6) is 6.01 Å². The number of hydrogen-bond donors (Lipinski definition) is 3. The predicted octanol–water partition coefficient (Wildman–Crippen LogP) is 2.00. The Bertz CT molecular complexity index is 1420. The first-order valence-corrected chi connectivity index (χ1v) is 12.1. The van der Waals surface area contributed by atoms with Gasteiger partial charge in [0.2, 0.25) is 0 Å². The zero-order chi connectivity index (χ0) is 27.5. The quantitative estimate of drug-likeness (QED) is 0.237. The molecule has 0 bridgehead atoms. The third-order valence-corrected chi connectivity index (χ3v) is 5.97. The Hall–Kier alpha value is -4.43. The predicted molar refractivity (Wildman–Crippen MR) is 141 cm³/mol. The molecule has 0 saturated carbocycles. The maximum atomic E-state index is 13.5. The first kappa shape index (κ1) is 26.2. The minimum absolute atomic E-state index is 0.105. The Morgan fingerprint density at radius 3 is 2.26 bits per heavy atom. The molecule has 3 N–H and O–H groups in total. The van der Waals surface area contributed by atoms with Crippen LogP contribution in [0, 0.1) is 0 Å². The van der Waals surface area contributed by atoms with Crippen molar-refractivity contribution in [1.29, 1.82) is 0 Å². The lowest BCUT2D eigenvalue weighted by Gasteiger charge is -2.21. The van der Waals surface area contributed by atoms with Gasteiger partial charge in [-0.2, -0.15) is 9.97 Å². The third-order valence-electron chi connectivity index (χ3n) is 5.97. The van der Waals surface area contributed by atoms with Gasteiger partial charge in [0.1, 0.15) is 18.3 Å². The number of nitrogens with zero attached hydrogens (tertiary/aromatic N) is 7. The standard InChI is InChI=1S/C26H27N7O6/c1-31(2)14-28-22-19-23(32(15-27-19)24-21(36)20(35)18(13-34)38-24)30-25(29-22)39-26(37)33(16-9-5-3-6-10-16)17-11-7-4-8-12-17/h3-12,14-15,18,20-21,24,34-36H,13H2,1-2H3/t18-,20?,21?,24-/m1/s1. The fourth-order valence-corrected chi connectivity index (χ4v) is 4.12. The van der Waals surface area contributed by atoms with E-state index in [1.165, 1.54) is 22.1 Å². The third kappa shape index (κ3) is 5.28. The summed E-state index contributed by atoms with van der Waals surface area (Å²) in [6.45, 7) is -0.494. The molecule has 2 aromatic carbocycles.